The molecule has 1 aromatic rings. The molecule has 0 spiro atoms. The van der Waals surface area contributed by atoms with Crippen molar-refractivity contribution in [2.24, 2.45) is 11.8 Å². The molecule has 2 fully saturated rings. The number of hydrogen-bond donors (Lipinski definition) is 1. The summed E-state index contributed by atoms with van der Waals surface area (Å²) in [6.07, 6.45) is 5.31. The van der Waals surface area contributed by atoms with Crippen molar-refractivity contribution in [2.75, 3.05) is 19.5 Å². The summed E-state index contributed by atoms with van der Waals surface area (Å²) in [5.74, 6) is 3.30. The molecule has 2 saturated carbocycles. The summed E-state index contributed by atoms with van der Waals surface area (Å²) >= 11 is 0. The Morgan fingerprint density at radius 2 is 1.56 bits per heavy atom. The average molecular weight is 249 g/mol. The van der Waals surface area contributed by atoms with Crippen LogP contribution in [-0.2, 0) is 0 Å². The summed E-state index contributed by atoms with van der Waals surface area (Å²) in [7, 11) is 3.20. The molecule has 0 aliphatic heterocycles. The van der Waals surface area contributed by atoms with Gasteiger partial charge in [0, 0.05) is 6.04 Å². The second-order valence-electron chi connectivity index (χ2n) is 5.12. The fourth-order valence-electron chi connectivity index (χ4n) is 2.36. The summed E-state index contributed by atoms with van der Waals surface area (Å²) in [5, 5.41) is 3.47. The van der Waals surface area contributed by atoms with Gasteiger partial charge in [-0.1, -0.05) is 0 Å². The van der Waals surface area contributed by atoms with Gasteiger partial charge in [0.2, 0.25) is 17.7 Å². The van der Waals surface area contributed by atoms with Gasteiger partial charge < -0.3 is 14.8 Å². The summed E-state index contributed by atoms with van der Waals surface area (Å²) < 4.78 is 10.3. The summed E-state index contributed by atoms with van der Waals surface area (Å²) in [4.78, 5) is 8.67. The summed E-state index contributed by atoms with van der Waals surface area (Å²) in [6, 6.07) is 2.22. The van der Waals surface area contributed by atoms with E-state index in [-0.39, 0.29) is 0 Å². The lowest BCUT2D eigenvalue weighted by Crippen LogP contribution is -2.25. The minimum absolute atomic E-state index is 0.529. The fraction of sp³-hybridized carbons (Fsp3) is 0.692. The highest BCUT2D eigenvalue weighted by Crippen LogP contribution is 2.45. The van der Waals surface area contributed by atoms with E-state index in [4.69, 9.17) is 9.47 Å². The van der Waals surface area contributed by atoms with E-state index in [2.05, 4.69) is 15.3 Å². The first-order chi connectivity index (χ1) is 8.80. The van der Waals surface area contributed by atoms with E-state index in [1.54, 1.807) is 20.3 Å². The smallest absolute Gasteiger partial charge is 0.229 e. The quantitative estimate of drug-likeness (QED) is 0.836. The number of rotatable bonds is 6. The molecule has 0 amide bonds. The molecule has 5 heteroatoms. The molecule has 0 unspecified atom stereocenters. The Bertz CT molecular complexity index is 396. The van der Waals surface area contributed by atoms with Crippen LogP contribution in [-0.4, -0.2) is 30.2 Å². The Morgan fingerprint density at radius 3 is 1.94 bits per heavy atom. The van der Waals surface area contributed by atoms with Crippen molar-refractivity contribution in [3.05, 3.63) is 6.07 Å². The highest BCUT2D eigenvalue weighted by Gasteiger charge is 2.41. The standard InChI is InChI=1S/C13H19N3O2/c1-17-10-7-11(18-2)15-13(14-10)16-12(8-3-4-8)9-5-6-9/h7-9,12H,3-6H2,1-2H3,(H,14,15,16). The average Bonchev–Trinajstić information content (AvgIpc) is 3.28. The van der Waals surface area contributed by atoms with Crippen molar-refractivity contribution in [3.8, 4) is 11.8 Å². The molecule has 2 aliphatic rings. The Balaban J connectivity index is 1.77. The van der Waals surface area contributed by atoms with Crippen LogP contribution in [0, 0.1) is 11.8 Å². The topological polar surface area (TPSA) is 56.3 Å². The molecule has 5 nitrogen and oxygen atoms in total. The fourth-order valence-corrected chi connectivity index (χ4v) is 2.36. The lowest BCUT2D eigenvalue weighted by molar-refractivity contribution is 0.372. The van der Waals surface area contributed by atoms with Crippen LogP contribution in [0.15, 0.2) is 6.07 Å². The van der Waals surface area contributed by atoms with Crippen LogP contribution in [0.5, 0.6) is 11.8 Å². The predicted octanol–water partition coefficient (Wildman–Crippen LogP) is 2.09. The highest BCUT2D eigenvalue weighted by molar-refractivity contribution is 5.35. The number of nitrogens with zero attached hydrogens (tertiary/aromatic N) is 2. The number of nitrogens with one attached hydrogen (secondary N) is 1. The lowest BCUT2D eigenvalue weighted by Gasteiger charge is -2.18. The van der Waals surface area contributed by atoms with Gasteiger partial charge in [0.25, 0.3) is 0 Å². The largest absolute Gasteiger partial charge is 0.481 e. The van der Waals surface area contributed by atoms with Gasteiger partial charge >= 0.3 is 0 Å². The van der Waals surface area contributed by atoms with Crippen LogP contribution >= 0.6 is 0 Å². The molecule has 0 atom stereocenters. The van der Waals surface area contributed by atoms with Crippen LogP contribution < -0.4 is 14.8 Å². The third-order valence-electron chi connectivity index (χ3n) is 3.65. The molecular formula is C13H19N3O2. The molecule has 18 heavy (non-hydrogen) atoms. The van der Waals surface area contributed by atoms with Gasteiger partial charge in [-0.3, -0.25) is 0 Å². The number of ether oxygens (including phenoxy) is 2. The maximum atomic E-state index is 5.16. The molecule has 0 saturated heterocycles. The first-order valence-electron chi connectivity index (χ1n) is 6.53. The predicted molar refractivity (Wildman–Crippen MR) is 68.0 cm³/mol. The zero-order chi connectivity index (χ0) is 12.5. The maximum Gasteiger partial charge on any atom is 0.229 e. The van der Waals surface area contributed by atoms with E-state index in [1.165, 1.54) is 25.7 Å². The van der Waals surface area contributed by atoms with Gasteiger partial charge in [0.1, 0.15) is 0 Å². The van der Waals surface area contributed by atoms with Gasteiger partial charge in [-0.2, -0.15) is 9.97 Å². The summed E-state index contributed by atoms with van der Waals surface area (Å²) in [6.45, 7) is 0. The van der Waals surface area contributed by atoms with Gasteiger partial charge in [-0.15, -0.1) is 0 Å². The minimum atomic E-state index is 0.529. The number of aromatic nitrogens is 2. The molecule has 1 aromatic heterocycles. The molecule has 1 heterocycles. The minimum Gasteiger partial charge on any atom is -0.481 e. The zero-order valence-electron chi connectivity index (χ0n) is 10.8. The molecule has 98 valence electrons. The second kappa shape index (κ2) is 4.63. The van der Waals surface area contributed by atoms with Gasteiger partial charge in [0.15, 0.2) is 0 Å². The lowest BCUT2D eigenvalue weighted by atomic mass is 10.1. The Morgan fingerprint density at radius 1 is 1.06 bits per heavy atom. The number of anilines is 1. The molecule has 0 radical (unpaired) electrons. The molecule has 0 aromatic carbocycles. The monoisotopic (exact) mass is 249 g/mol. The van der Waals surface area contributed by atoms with E-state index in [0.29, 0.717) is 23.8 Å². The van der Waals surface area contributed by atoms with Crippen LogP contribution in [0.25, 0.3) is 0 Å². The van der Waals surface area contributed by atoms with E-state index < -0.39 is 0 Å². The van der Waals surface area contributed by atoms with E-state index in [9.17, 15) is 0 Å². The first kappa shape index (κ1) is 11.6. The van der Waals surface area contributed by atoms with Crippen molar-refractivity contribution >= 4 is 5.95 Å². The van der Waals surface area contributed by atoms with Crippen LogP contribution in [0.4, 0.5) is 5.95 Å². The third kappa shape index (κ3) is 2.49. The van der Waals surface area contributed by atoms with E-state index in [0.717, 1.165) is 11.8 Å². The van der Waals surface area contributed by atoms with Crippen molar-refractivity contribution in [2.45, 2.75) is 31.7 Å². The molecule has 2 aliphatic carbocycles. The molecular weight excluding hydrogens is 230 g/mol. The Hall–Kier alpha value is -1.52. The van der Waals surface area contributed by atoms with E-state index >= 15 is 0 Å². The molecule has 3 rings (SSSR count). The van der Waals surface area contributed by atoms with Crippen molar-refractivity contribution in [1.82, 2.24) is 9.97 Å². The Labute approximate surface area is 107 Å². The van der Waals surface area contributed by atoms with Crippen LogP contribution in [0.2, 0.25) is 0 Å². The maximum absolute atomic E-state index is 5.16. The van der Waals surface area contributed by atoms with Crippen molar-refractivity contribution in [3.63, 3.8) is 0 Å². The highest BCUT2D eigenvalue weighted by atomic mass is 16.5. The SMILES string of the molecule is COc1cc(OC)nc(NC(C2CC2)C2CC2)n1. The Kier molecular flexibility index (Phi) is 2.97. The number of methoxy groups -OCH3 is 2. The number of hydrogen-bond acceptors (Lipinski definition) is 5. The van der Waals surface area contributed by atoms with Gasteiger partial charge in [-0.05, 0) is 37.5 Å². The van der Waals surface area contributed by atoms with Gasteiger partial charge in [-0.25, -0.2) is 0 Å². The zero-order valence-corrected chi connectivity index (χ0v) is 10.8. The van der Waals surface area contributed by atoms with Crippen molar-refractivity contribution < 1.29 is 9.47 Å². The van der Waals surface area contributed by atoms with Crippen LogP contribution in [0.3, 0.4) is 0 Å². The normalized spacial score (nSPS) is 18.8. The van der Waals surface area contributed by atoms with Gasteiger partial charge in [0.05, 0.1) is 20.3 Å². The summed E-state index contributed by atoms with van der Waals surface area (Å²) in [5.41, 5.74) is 0. The molecule has 1 N–H and O–H groups in total. The van der Waals surface area contributed by atoms with Crippen LogP contribution in [0.1, 0.15) is 25.7 Å². The van der Waals surface area contributed by atoms with Crippen molar-refractivity contribution in [1.29, 1.82) is 0 Å². The van der Waals surface area contributed by atoms with E-state index in [1.807, 2.05) is 0 Å². The first-order valence-corrected chi connectivity index (χ1v) is 6.53. The third-order valence-corrected chi connectivity index (χ3v) is 3.65. The molecule has 0 bridgehead atoms. The second-order valence-corrected chi connectivity index (χ2v) is 5.12.